The smallest absolute Gasteiger partial charge is 0.244 e. The number of pyridine rings is 1. The summed E-state index contributed by atoms with van der Waals surface area (Å²) < 4.78 is 31.9. The minimum absolute atomic E-state index is 0.248. The van der Waals surface area contributed by atoms with E-state index in [1.165, 1.54) is 23.5 Å². The number of ether oxygens (including phenoxy) is 1. The molecule has 0 atom stereocenters. The van der Waals surface area contributed by atoms with Crippen LogP contribution in [-0.2, 0) is 14.8 Å². The molecule has 0 unspecified atom stereocenters. The first-order chi connectivity index (χ1) is 12.1. The van der Waals surface area contributed by atoms with Crippen LogP contribution < -0.4 is 5.32 Å². The number of nitrogens with zero attached hydrogens (tertiary/aromatic N) is 3. The number of hydrogen-bond donors (Lipinski definition) is 1. The van der Waals surface area contributed by atoms with Crippen LogP contribution in [-0.4, -0.2) is 74.6 Å². The van der Waals surface area contributed by atoms with Gasteiger partial charge in [-0.3, -0.25) is 0 Å². The summed E-state index contributed by atoms with van der Waals surface area (Å²) >= 11 is 0. The van der Waals surface area contributed by atoms with Crippen molar-refractivity contribution in [3.05, 3.63) is 18.3 Å². The van der Waals surface area contributed by atoms with Gasteiger partial charge < -0.3 is 15.0 Å². The highest BCUT2D eigenvalue weighted by Crippen LogP contribution is 2.19. The maximum Gasteiger partial charge on any atom is 0.244 e. The van der Waals surface area contributed by atoms with E-state index in [9.17, 15) is 8.42 Å². The molecular formula is C17H28N4O3S. The molecule has 0 radical (unpaired) electrons. The van der Waals surface area contributed by atoms with Crippen molar-refractivity contribution in [2.24, 2.45) is 0 Å². The Morgan fingerprint density at radius 1 is 1.20 bits per heavy atom. The van der Waals surface area contributed by atoms with Crippen LogP contribution in [0.5, 0.6) is 0 Å². The van der Waals surface area contributed by atoms with E-state index >= 15 is 0 Å². The molecule has 0 aliphatic carbocycles. The second kappa shape index (κ2) is 8.44. The molecule has 0 bridgehead atoms. The number of likely N-dealkylation sites (tertiary alicyclic amines) is 1. The number of hydrogen-bond acceptors (Lipinski definition) is 6. The number of rotatable bonds is 6. The number of sulfonamides is 1. The SMILES string of the molecule is CCCN1CCC(Nc2ccc(S(=O)(=O)N3CCOCC3)cn2)CC1. The molecule has 0 aromatic carbocycles. The molecule has 3 rings (SSSR count). The fourth-order valence-electron chi connectivity index (χ4n) is 3.38. The predicted molar refractivity (Wildman–Crippen MR) is 97.2 cm³/mol. The molecule has 7 nitrogen and oxygen atoms in total. The lowest BCUT2D eigenvalue weighted by atomic mass is 10.0. The van der Waals surface area contributed by atoms with Crippen molar-refractivity contribution in [3.8, 4) is 0 Å². The lowest BCUT2D eigenvalue weighted by Gasteiger charge is -2.32. The van der Waals surface area contributed by atoms with Gasteiger partial charge >= 0.3 is 0 Å². The molecule has 0 saturated carbocycles. The molecule has 140 valence electrons. The van der Waals surface area contributed by atoms with Crippen LogP contribution in [0.25, 0.3) is 0 Å². The minimum Gasteiger partial charge on any atom is -0.379 e. The quantitative estimate of drug-likeness (QED) is 0.818. The van der Waals surface area contributed by atoms with Crippen molar-refractivity contribution in [2.45, 2.75) is 37.1 Å². The van der Waals surface area contributed by atoms with E-state index in [0.29, 0.717) is 32.3 Å². The first-order valence-corrected chi connectivity index (χ1v) is 10.6. The summed E-state index contributed by atoms with van der Waals surface area (Å²) in [7, 11) is -3.47. The standard InChI is InChI=1S/C17H28N4O3S/c1-2-7-20-8-5-15(6-9-20)19-17-4-3-16(14-18-17)25(22,23)21-10-12-24-13-11-21/h3-4,14-15H,2,5-13H2,1H3,(H,18,19). The molecule has 8 heteroatoms. The van der Waals surface area contributed by atoms with Crippen LogP contribution in [0.3, 0.4) is 0 Å². The molecule has 2 fully saturated rings. The average molecular weight is 369 g/mol. The van der Waals surface area contributed by atoms with E-state index in [4.69, 9.17) is 4.74 Å². The van der Waals surface area contributed by atoms with Crippen LogP contribution in [0.1, 0.15) is 26.2 Å². The zero-order valence-electron chi connectivity index (χ0n) is 14.9. The first-order valence-electron chi connectivity index (χ1n) is 9.12. The highest BCUT2D eigenvalue weighted by atomic mass is 32.2. The van der Waals surface area contributed by atoms with Crippen molar-refractivity contribution in [3.63, 3.8) is 0 Å². The maximum atomic E-state index is 12.6. The average Bonchev–Trinajstić information content (AvgIpc) is 2.65. The van der Waals surface area contributed by atoms with Crippen LogP contribution in [0, 0.1) is 0 Å². The summed E-state index contributed by atoms with van der Waals surface area (Å²) in [4.78, 5) is 7.07. The minimum atomic E-state index is -3.47. The Labute approximate surface area is 150 Å². The van der Waals surface area contributed by atoms with Gasteiger partial charge in [-0.05, 0) is 37.9 Å². The van der Waals surface area contributed by atoms with Crippen molar-refractivity contribution in [1.29, 1.82) is 0 Å². The summed E-state index contributed by atoms with van der Waals surface area (Å²) in [5.74, 6) is 0.745. The predicted octanol–water partition coefficient (Wildman–Crippen LogP) is 1.39. The molecule has 3 heterocycles. The van der Waals surface area contributed by atoms with E-state index in [-0.39, 0.29) is 4.90 Å². The Kier molecular flexibility index (Phi) is 6.27. The van der Waals surface area contributed by atoms with Gasteiger partial charge in [0, 0.05) is 38.4 Å². The summed E-state index contributed by atoms with van der Waals surface area (Å²) in [6.45, 7) is 7.28. The van der Waals surface area contributed by atoms with Crippen molar-refractivity contribution in [2.75, 3.05) is 51.3 Å². The highest BCUT2D eigenvalue weighted by molar-refractivity contribution is 7.89. The van der Waals surface area contributed by atoms with Gasteiger partial charge in [-0.15, -0.1) is 0 Å². The van der Waals surface area contributed by atoms with Crippen molar-refractivity contribution >= 4 is 15.8 Å². The van der Waals surface area contributed by atoms with Crippen LogP contribution >= 0.6 is 0 Å². The Balaban J connectivity index is 1.57. The number of morpholine rings is 1. The van der Waals surface area contributed by atoms with Gasteiger partial charge in [-0.1, -0.05) is 6.92 Å². The van der Waals surface area contributed by atoms with Gasteiger partial charge in [-0.25, -0.2) is 13.4 Å². The third-order valence-corrected chi connectivity index (χ3v) is 6.71. The number of piperidine rings is 1. The van der Waals surface area contributed by atoms with E-state index in [2.05, 4.69) is 22.1 Å². The second-order valence-corrected chi connectivity index (χ2v) is 8.59. The normalized spacial score (nSPS) is 21.3. The number of anilines is 1. The van der Waals surface area contributed by atoms with Gasteiger partial charge in [0.25, 0.3) is 0 Å². The van der Waals surface area contributed by atoms with Crippen LogP contribution in [0.4, 0.5) is 5.82 Å². The van der Waals surface area contributed by atoms with Gasteiger partial charge in [0.2, 0.25) is 10.0 Å². The summed E-state index contributed by atoms with van der Waals surface area (Å²) in [6, 6.07) is 3.82. The second-order valence-electron chi connectivity index (χ2n) is 6.66. The van der Waals surface area contributed by atoms with Gasteiger partial charge in [-0.2, -0.15) is 4.31 Å². The topological polar surface area (TPSA) is 74.8 Å². The van der Waals surface area contributed by atoms with Crippen LogP contribution in [0.2, 0.25) is 0 Å². The van der Waals surface area contributed by atoms with Crippen molar-refractivity contribution in [1.82, 2.24) is 14.2 Å². The third-order valence-electron chi connectivity index (χ3n) is 4.82. The highest BCUT2D eigenvalue weighted by Gasteiger charge is 2.26. The fourth-order valence-corrected chi connectivity index (χ4v) is 4.73. The monoisotopic (exact) mass is 368 g/mol. The van der Waals surface area contributed by atoms with Gasteiger partial charge in [0.1, 0.15) is 10.7 Å². The Morgan fingerprint density at radius 2 is 1.92 bits per heavy atom. The lowest BCUT2D eigenvalue weighted by molar-refractivity contribution is 0.0730. The zero-order chi connectivity index (χ0) is 17.7. The Morgan fingerprint density at radius 3 is 2.52 bits per heavy atom. The zero-order valence-corrected chi connectivity index (χ0v) is 15.7. The van der Waals surface area contributed by atoms with Crippen LogP contribution in [0.15, 0.2) is 23.2 Å². The van der Waals surface area contributed by atoms with Gasteiger partial charge in [0.15, 0.2) is 0 Å². The molecule has 2 saturated heterocycles. The molecule has 2 aliphatic heterocycles. The molecule has 1 aromatic heterocycles. The molecule has 0 spiro atoms. The van der Waals surface area contributed by atoms with E-state index < -0.39 is 10.0 Å². The summed E-state index contributed by atoms with van der Waals surface area (Å²) in [5, 5.41) is 3.44. The number of aromatic nitrogens is 1. The van der Waals surface area contributed by atoms with Gasteiger partial charge in [0.05, 0.1) is 13.2 Å². The fraction of sp³-hybridized carbons (Fsp3) is 0.706. The largest absolute Gasteiger partial charge is 0.379 e. The van der Waals surface area contributed by atoms with E-state index in [0.717, 1.165) is 31.7 Å². The lowest BCUT2D eigenvalue weighted by Crippen LogP contribution is -2.40. The van der Waals surface area contributed by atoms with E-state index in [1.807, 2.05) is 0 Å². The molecule has 1 aromatic rings. The summed E-state index contributed by atoms with van der Waals surface area (Å²) in [6.07, 6.45) is 4.84. The Hall–Kier alpha value is -1.22. The van der Waals surface area contributed by atoms with Crippen molar-refractivity contribution < 1.29 is 13.2 Å². The Bertz CT molecular complexity index is 636. The molecule has 0 amide bonds. The molecule has 25 heavy (non-hydrogen) atoms. The summed E-state index contributed by atoms with van der Waals surface area (Å²) in [5.41, 5.74) is 0. The van der Waals surface area contributed by atoms with E-state index in [1.54, 1.807) is 12.1 Å². The first kappa shape index (κ1) is 18.6. The number of nitrogens with one attached hydrogen (secondary N) is 1. The third kappa shape index (κ3) is 4.69. The maximum absolute atomic E-state index is 12.6. The molecule has 1 N–H and O–H groups in total. The molecular weight excluding hydrogens is 340 g/mol. The molecule has 2 aliphatic rings.